The fourth-order valence-corrected chi connectivity index (χ4v) is 3.91. The number of rotatable bonds is 6. The Morgan fingerprint density at radius 3 is 2.50 bits per heavy atom. The number of hydrogen-bond donors (Lipinski definition) is 1. The zero-order valence-electron chi connectivity index (χ0n) is 17.0. The molecule has 0 unspecified atom stereocenters. The van der Waals surface area contributed by atoms with Gasteiger partial charge in [-0.05, 0) is 50.1 Å². The van der Waals surface area contributed by atoms with Gasteiger partial charge in [0.25, 0.3) is 5.91 Å². The lowest BCUT2D eigenvalue weighted by molar-refractivity contribution is -0.123. The molecule has 0 bridgehead atoms. The summed E-state index contributed by atoms with van der Waals surface area (Å²) in [5, 5.41) is 3.15. The summed E-state index contributed by atoms with van der Waals surface area (Å²) >= 11 is 0. The molecule has 1 saturated carbocycles. The van der Waals surface area contributed by atoms with Crippen molar-refractivity contribution in [3.05, 3.63) is 84.1 Å². The standard InChI is InChI=1S/C24H25N3O3/c1-17-10-12-20(13-11-17)27(24(29)21-9-5-15-30-21)22(18-6-4-14-25-16-18)23(28)26-19-7-2-3-8-19/h4-6,9-16,19,22H,2-3,7-8H2,1H3,(H,26,28)/t22-/m0/s1. The summed E-state index contributed by atoms with van der Waals surface area (Å²) in [5.41, 5.74) is 2.34. The minimum absolute atomic E-state index is 0.134. The Balaban J connectivity index is 1.78. The Labute approximate surface area is 175 Å². The second kappa shape index (κ2) is 8.95. The number of nitrogens with zero attached hydrogens (tertiary/aromatic N) is 2. The molecule has 6 heteroatoms. The van der Waals surface area contributed by atoms with Crippen LogP contribution in [0.4, 0.5) is 5.69 Å². The van der Waals surface area contributed by atoms with E-state index in [4.69, 9.17) is 4.42 Å². The molecule has 1 aromatic carbocycles. The molecule has 1 aliphatic rings. The van der Waals surface area contributed by atoms with Crippen molar-refractivity contribution in [1.29, 1.82) is 0 Å². The Morgan fingerprint density at radius 1 is 1.10 bits per heavy atom. The maximum absolute atomic E-state index is 13.5. The van der Waals surface area contributed by atoms with E-state index in [9.17, 15) is 9.59 Å². The lowest BCUT2D eigenvalue weighted by Crippen LogP contribution is -2.46. The monoisotopic (exact) mass is 403 g/mol. The van der Waals surface area contributed by atoms with Crippen molar-refractivity contribution in [2.75, 3.05) is 4.90 Å². The molecule has 6 nitrogen and oxygen atoms in total. The molecule has 1 aliphatic carbocycles. The third-order valence-electron chi connectivity index (χ3n) is 5.47. The van der Waals surface area contributed by atoms with Crippen LogP contribution in [0.25, 0.3) is 0 Å². The smallest absolute Gasteiger partial charge is 0.294 e. The number of carbonyl (C=O) groups excluding carboxylic acids is 2. The van der Waals surface area contributed by atoms with Gasteiger partial charge >= 0.3 is 0 Å². The first-order valence-corrected chi connectivity index (χ1v) is 10.3. The molecular weight excluding hydrogens is 378 g/mol. The number of carbonyl (C=O) groups is 2. The average molecular weight is 403 g/mol. The summed E-state index contributed by atoms with van der Waals surface area (Å²) in [7, 11) is 0. The predicted molar refractivity (Wildman–Crippen MR) is 114 cm³/mol. The van der Waals surface area contributed by atoms with Gasteiger partial charge < -0.3 is 9.73 Å². The SMILES string of the molecule is Cc1ccc(N(C(=O)c2ccco2)[C@H](C(=O)NC2CCCC2)c2cccnc2)cc1. The molecule has 1 N–H and O–H groups in total. The number of benzene rings is 1. The highest BCUT2D eigenvalue weighted by Gasteiger charge is 2.35. The third kappa shape index (κ3) is 4.27. The Morgan fingerprint density at radius 2 is 1.87 bits per heavy atom. The van der Waals surface area contributed by atoms with Crippen molar-refractivity contribution in [2.24, 2.45) is 0 Å². The number of anilines is 1. The molecule has 2 aromatic heterocycles. The molecule has 1 fully saturated rings. The lowest BCUT2D eigenvalue weighted by atomic mass is 10.0. The molecule has 2 heterocycles. The maximum Gasteiger partial charge on any atom is 0.294 e. The summed E-state index contributed by atoms with van der Waals surface area (Å²) in [4.78, 5) is 32.7. The van der Waals surface area contributed by atoms with E-state index in [-0.39, 0.29) is 23.6 Å². The fourth-order valence-electron chi connectivity index (χ4n) is 3.91. The lowest BCUT2D eigenvalue weighted by Gasteiger charge is -2.31. The van der Waals surface area contributed by atoms with Crippen LogP contribution in [0.5, 0.6) is 0 Å². The van der Waals surface area contributed by atoms with Crippen LogP contribution in [-0.4, -0.2) is 22.8 Å². The first kappa shape index (κ1) is 19.9. The first-order chi connectivity index (χ1) is 14.6. The van der Waals surface area contributed by atoms with Gasteiger partial charge in [0.2, 0.25) is 5.91 Å². The second-order valence-corrected chi connectivity index (χ2v) is 7.67. The second-order valence-electron chi connectivity index (χ2n) is 7.67. The van der Waals surface area contributed by atoms with E-state index >= 15 is 0 Å². The van der Waals surface area contributed by atoms with Crippen LogP contribution >= 0.6 is 0 Å². The molecule has 0 saturated heterocycles. The molecule has 0 radical (unpaired) electrons. The van der Waals surface area contributed by atoms with E-state index < -0.39 is 6.04 Å². The Kier molecular flexibility index (Phi) is 5.93. The van der Waals surface area contributed by atoms with Gasteiger partial charge in [-0.1, -0.05) is 36.6 Å². The predicted octanol–water partition coefficient (Wildman–Crippen LogP) is 4.43. The maximum atomic E-state index is 13.5. The van der Waals surface area contributed by atoms with Crippen LogP contribution in [0.1, 0.15) is 53.4 Å². The molecule has 154 valence electrons. The van der Waals surface area contributed by atoms with Crippen LogP contribution < -0.4 is 10.2 Å². The van der Waals surface area contributed by atoms with E-state index in [0.717, 1.165) is 31.2 Å². The van der Waals surface area contributed by atoms with Crippen molar-refractivity contribution < 1.29 is 14.0 Å². The minimum atomic E-state index is -0.861. The molecule has 0 spiro atoms. The highest BCUT2D eigenvalue weighted by atomic mass is 16.3. The summed E-state index contributed by atoms with van der Waals surface area (Å²) < 4.78 is 5.38. The number of amides is 2. The van der Waals surface area contributed by atoms with Gasteiger partial charge in [-0.3, -0.25) is 19.5 Å². The number of aromatic nitrogens is 1. The van der Waals surface area contributed by atoms with Gasteiger partial charge in [-0.15, -0.1) is 0 Å². The normalized spacial score (nSPS) is 15.0. The number of hydrogen-bond acceptors (Lipinski definition) is 4. The van der Waals surface area contributed by atoms with Crippen LogP contribution in [0, 0.1) is 6.92 Å². The van der Waals surface area contributed by atoms with Gasteiger partial charge in [0, 0.05) is 29.7 Å². The minimum Gasteiger partial charge on any atom is -0.459 e. The number of aryl methyl sites for hydroxylation is 1. The molecular formula is C24H25N3O3. The van der Waals surface area contributed by atoms with Crippen molar-refractivity contribution >= 4 is 17.5 Å². The zero-order valence-corrected chi connectivity index (χ0v) is 17.0. The van der Waals surface area contributed by atoms with Gasteiger partial charge in [0.05, 0.1) is 6.26 Å². The molecule has 4 rings (SSSR count). The average Bonchev–Trinajstić information content (AvgIpc) is 3.47. The van der Waals surface area contributed by atoms with E-state index in [1.54, 1.807) is 30.6 Å². The first-order valence-electron chi connectivity index (χ1n) is 10.3. The highest BCUT2D eigenvalue weighted by Crippen LogP contribution is 2.30. The van der Waals surface area contributed by atoms with Crippen molar-refractivity contribution in [3.8, 4) is 0 Å². The van der Waals surface area contributed by atoms with Gasteiger partial charge in [0.15, 0.2) is 5.76 Å². The van der Waals surface area contributed by atoms with E-state index in [1.165, 1.54) is 11.2 Å². The summed E-state index contributed by atoms with van der Waals surface area (Å²) in [6, 6.07) is 13.7. The highest BCUT2D eigenvalue weighted by molar-refractivity contribution is 6.08. The molecule has 0 aliphatic heterocycles. The summed E-state index contributed by atoms with van der Waals surface area (Å²) in [5.74, 6) is -0.409. The topological polar surface area (TPSA) is 75.4 Å². The Bertz CT molecular complexity index is 978. The van der Waals surface area contributed by atoms with Crippen LogP contribution in [0.3, 0.4) is 0 Å². The molecule has 2 amide bonds. The van der Waals surface area contributed by atoms with Crippen molar-refractivity contribution in [1.82, 2.24) is 10.3 Å². The zero-order chi connectivity index (χ0) is 20.9. The third-order valence-corrected chi connectivity index (χ3v) is 5.47. The molecule has 3 aromatic rings. The van der Waals surface area contributed by atoms with Crippen molar-refractivity contribution in [2.45, 2.75) is 44.7 Å². The Hall–Kier alpha value is -3.41. The largest absolute Gasteiger partial charge is 0.459 e. The van der Waals surface area contributed by atoms with E-state index in [2.05, 4.69) is 10.3 Å². The number of pyridine rings is 1. The summed E-state index contributed by atoms with van der Waals surface area (Å²) in [6.07, 6.45) is 8.88. The van der Waals surface area contributed by atoms with Crippen LogP contribution in [-0.2, 0) is 4.79 Å². The van der Waals surface area contributed by atoms with Gasteiger partial charge in [0.1, 0.15) is 6.04 Å². The molecule has 30 heavy (non-hydrogen) atoms. The van der Waals surface area contributed by atoms with Crippen LogP contribution in [0.15, 0.2) is 71.6 Å². The quantitative estimate of drug-likeness (QED) is 0.661. The van der Waals surface area contributed by atoms with E-state index in [1.807, 2.05) is 37.3 Å². The summed E-state index contributed by atoms with van der Waals surface area (Å²) in [6.45, 7) is 1.98. The van der Waals surface area contributed by atoms with Crippen LogP contribution in [0.2, 0.25) is 0 Å². The number of nitrogens with one attached hydrogen (secondary N) is 1. The fraction of sp³-hybridized carbons (Fsp3) is 0.292. The van der Waals surface area contributed by atoms with Gasteiger partial charge in [-0.25, -0.2) is 0 Å². The van der Waals surface area contributed by atoms with E-state index in [0.29, 0.717) is 11.3 Å². The molecule has 1 atom stereocenters. The van der Waals surface area contributed by atoms with Gasteiger partial charge in [-0.2, -0.15) is 0 Å². The van der Waals surface area contributed by atoms with Crippen molar-refractivity contribution in [3.63, 3.8) is 0 Å². The number of furan rings is 1.